The van der Waals surface area contributed by atoms with Crippen LogP contribution in [-0.2, 0) is 6.42 Å². The number of nitriles is 1. The molecule has 3 nitrogen and oxygen atoms in total. The number of aryl methyl sites for hydroxylation is 1. The van der Waals surface area contributed by atoms with Crippen molar-refractivity contribution >= 4 is 0 Å². The predicted octanol–water partition coefficient (Wildman–Crippen LogP) is 2.98. The van der Waals surface area contributed by atoms with Gasteiger partial charge in [0.25, 0.3) is 0 Å². The molecule has 96 valence electrons. The van der Waals surface area contributed by atoms with Crippen LogP contribution in [0, 0.1) is 16.7 Å². The van der Waals surface area contributed by atoms with Gasteiger partial charge in [-0.05, 0) is 56.4 Å². The minimum absolute atomic E-state index is 0.313. The van der Waals surface area contributed by atoms with Crippen LogP contribution < -0.4 is 4.74 Å². The van der Waals surface area contributed by atoms with Crippen LogP contribution in [0.5, 0.6) is 5.75 Å². The van der Waals surface area contributed by atoms with E-state index in [2.05, 4.69) is 6.07 Å². The summed E-state index contributed by atoms with van der Waals surface area (Å²) in [6, 6.07) is 8.10. The Morgan fingerprint density at radius 3 is 3.00 bits per heavy atom. The first-order valence-corrected chi connectivity index (χ1v) is 6.37. The number of fused-ring (bicyclic) bond motifs is 1. The Hall–Kier alpha value is -1.53. The Morgan fingerprint density at radius 2 is 2.28 bits per heavy atom. The van der Waals surface area contributed by atoms with E-state index >= 15 is 0 Å². The van der Waals surface area contributed by atoms with Gasteiger partial charge in [0.05, 0.1) is 24.2 Å². The third kappa shape index (κ3) is 2.83. The van der Waals surface area contributed by atoms with Gasteiger partial charge in [-0.15, -0.1) is 0 Å². The Balaban J connectivity index is 1.94. The highest BCUT2D eigenvalue weighted by Gasteiger charge is 2.20. The van der Waals surface area contributed by atoms with Gasteiger partial charge in [-0.3, -0.25) is 0 Å². The van der Waals surface area contributed by atoms with Crippen molar-refractivity contribution in [3.63, 3.8) is 0 Å². The lowest BCUT2D eigenvalue weighted by molar-refractivity contribution is 0.180. The largest absolute Gasteiger partial charge is 0.494 e. The van der Waals surface area contributed by atoms with Gasteiger partial charge in [-0.2, -0.15) is 5.26 Å². The van der Waals surface area contributed by atoms with Gasteiger partial charge >= 0.3 is 0 Å². The summed E-state index contributed by atoms with van der Waals surface area (Å²) in [7, 11) is 0. The first kappa shape index (κ1) is 12.9. The normalized spacial score (nSPS) is 18.2. The third-order valence-corrected chi connectivity index (χ3v) is 3.46. The number of rotatable bonds is 4. The lowest BCUT2D eigenvalue weighted by Gasteiger charge is -2.15. The van der Waals surface area contributed by atoms with Gasteiger partial charge in [0.1, 0.15) is 5.75 Å². The molecule has 1 N–H and O–H groups in total. The maximum atomic E-state index is 9.71. The molecule has 1 aliphatic carbocycles. The van der Waals surface area contributed by atoms with E-state index in [1.807, 2.05) is 32.0 Å². The van der Waals surface area contributed by atoms with Crippen molar-refractivity contribution < 1.29 is 9.84 Å². The molecule has 0 aromatic heterocycles. The smallest absolute Gasteiger partial charge is 0.119 e. The van der Waals surface area contributed by atoms with Crippen molar-refractivity contribution in [2.75, 3.05) is 6.61 Å². The van der Waals surface area contributed by atoms with Crippen molar-refractivity contribution in [1.29, 1.82) is 5.26 Å². The molecule has 0 bridgehead atoms. The van der Waals surface area contributed by atoms with Crippen molar-refractivity contribution in [3.8, 4) is 11.8 Å². The van der Waals surface area contributed by atoms with Gasteiger partial charge in [0.2, 0.25) is 0 Å². The molecule has 0 aliphatic heterocycles. The first-order chi connectivity index (χ1) is 8.52. The Bertz CT molecular complexity index is 474. The monoisotopic (exact) mass is 245 g/mol. The molecule has 0 amide bonds. The lowest BCUT2D eigenvalue weighted by atomic mass is 9.92. The average molecular weight is 245 g/mol. The molecule has 0 saturated carbocycles. The number of hydrogen-bond acceptors (Lipinski definition) is 3. The lowest BCUT2D eigenvalue weighted by Crippen LogP contribution is -2.13. The molecule has 3 heteroatoms. The molecule has 1 aromatic carbocycles. The quantitative estimate of drug-likeness (QED) is 0.887. The minimum Gasteiger partial charge on any atom is -0.494 e. The van der Waals surface area contributed by atoms with Crippen molar-refractivity contribution in [2.24, 2.45) is 5.41 Å². The van der Waals surface area contributed by atoms with Crippen LogP contribution in [0.2, 0.25) is 0 Å². The van der Waals surface area contributed by atoms with Crippen LogP contribution in [0.4, 0.5) is 0 Å². The zero-order valence-corrected chi connectivity index (χ0v) is 10.9. The molecule has 1 unspecified atom stereocenters. The van der Waals surface area contributed by atoms with Crippen LogP contribution in [0.1, 0.15) is 43.9 Å². The standard InChI is InChI=1S/C15H19NO2/c1-15(2,10-16)7-8-18-12-4-5-13-11(9-12)3-6-14(13)17/h4-5,9,14,17H,3,6-8H2,1-2H3. The first-order valence-electron chi connectivity index (χ1n) is 6.37. The van der Waals surface area contributed by atoms with Crippen LogP contribution >= 0.6 is 0 Å². The summed E-state index contributed by atoms with van der Waals surface area (Å²) in [6.07, 6.45) is 2.12. The van der Waals surface area contributed by atoms with Crippen molar-refractivity contribution in [2.45, 2.75) is 39.2 Å². The molecule has 0 saturated heterocycles. The molecule has 18 heavy (non-hydrogen) atoms. The number of benzene rings is 1. The van der Waals surface area contributed by atoms with Gasteiger partial charge in [0, 0.05) is 0 Å². The zero-order valence-electron chi connectivity index (χ0n) is 10.9. The highest BCUT2D eigenvalue weighted by molar-refractivity contribution is 5.39. The van der Waals surface area contributed by atoms with Crippen LogP contribution in [0.15, 0.2) is 18.2 Å². The van der Waals surface area contributed by atoms with Gasteiger partial charge in [0.15, 0.2) is 0 Å². The highest BCUT2D eigenvalue weighted by Crippen LogP contribution is 2.33. The van der Waals surface area contributed by atoms with Gasteiger partial charge in [-0.25, -0.2) is 0 Å². The van der Waals surface area contributed by atoms with Crippen LogP contribution in [0.25, 0.3) is 0 Å². The molecular weight excluding hydrogens is 226 g/mol. The number of aliphatic hydroxyl groups excluding tert-OH is 1. The van der Waals surface area contributed by atoms with E-state index in [9.17, 15) is 5.11 Å². The molecular formula is C15H19NO2. The van der Waals surface area contributed by atoms with E-state index in [1.54, 1.807) is 0 Å². The second-order valence-corrected chi connectivity index (χ2v) is 5.51. The van der Waals surface area contributed by atoms with E-state index < -0.39 is 0 Å². The summed E-state index contributed by atoms with van der Waals surface area (Å²) in [6.45, 7) is 4.37. The van der Waals surface area contributed by atoms with Crippen LogP contribution in [-0.4, -0.2) is 11.7 Å². The maximum absolute atomic E-state index is 9.71. The molecule has 0 fully saturated rings. The van der Waals surface area contributed by atoms with E-state index in [-0.39, 0.29) is 11.5 Å². The summed E-state index contributed by atoms with van der Waals surface area (Å²) >= 11 is 0. The second-order valence-electron chi connectivity index (χ2n) is 5.51. The van der Waals surface area contributed by atoms with Crippen molar-refractivity contribution in [3.05, 3.63) is 29.3 Å². The Labute approximate surface area is 108 Å². The fraction of sp³-hybridized carbons (Fsp3) is 0.533. The number of aliphatic hydroxyl groups is 1. The summed E-state index contributed by atoms with van der Waals surface area (Å²) in [4.78, 5) is 0. The summed E-state index contributed by atoms with van der Waals surface area (Å²) in [5, 5.41) is 18.6. The van der Waals surface area contributed by atoms with Gasteiger partial charge < -0.3 is 9.84 Å². The van der Waals surface area contributed by atoms with E-state index in [4.69, 9.17) is 10.00 Å². The van der Waals surface area contributed by atoms with E-state index in [0.29, 0.717) is 13.0 Å². The summed E-state index contributed by atoms with van der Waals surface area (Å²) < 4.78 is 5.67. The van der Waals surface area contributed by atoms with E-state index in [0.717, 1.165) is 24.2 Å². The van der Waals surface area contributed by atoms with Crippen LogP contribution in [0.3, 0.4) is 0 Å². The van der Waals surface area contributed by atoms with Gasteiger partial charge in [-0.1, -0.05) is 6.07 Å². The predicted molar refractivity (Wildman–Crippen MR) is 69.2 cm³/mol. The molecule has 0 radical (unpaired) electrons. The fourth-order valence-corrected chi connectivity index (χ4v) is 2.14. The number of hydrogen-bond donors (Lipinski definition) is 1. The summed E-state index contributed by atoms with van der Waals surface area (Å²) in [5.41, 5.74) is 1.87. The molecule has 1 aliphatic rings. The number of nitrogens with zero attached hydrogens (tertiary/aromatic N) is 1. The summed E-state index contributed by atoms with van der Waals surface area (Å²) in [5.74, 6) is 0.830. The topological polar surface area (TPSA) is 53.2 Å². The SMILES string of the molecule is CC(C)(C#N)CCOc1ccc2c(c1)CCC2O. The second kappa shape index (κ2) is 4.99. The highest BCUT2D eigenvalue weighted by atomic mass is 16.5. The molecule has 0 spiro atoms. The molecule has 1 aromatic rings. The van der Waals surface area contributed by atoms with Crippen molar-refractivity contribution in [1.82, 2.24) is 0 Å². The minimum atomic E-state index is -0.340. The third-order valence-electron chi connectivity index (χ3n) is 3.46. The fourth-order valence-electron chi connectivity index (χ4n) is 2.14. The zero-order chi connectivity index (χ0) is 13.2. The van der Waals surface area contributed by atoms with E-state index in [1.165, 1.54) is 5.56 Å². The maximum Gasteiger partial charge on any atom is 0.119 e. The molecule has 2 rings (SSSR count). The molecule has 1 atom stereocenters. The average Bonchev–Trinajstić information content (AvgIpc) is 2.71. The molecule has 0 heterocycles. The Morgan fingerprint density at radius 1 is 1.50 bits per heavy atom. The Kier molecular flexibility index (Phi) is 3.58. The number of ether oxygens (including phenoxy) is 1.